The molecule has 1 N–H and O–H groups in total. The lowest BCUT2D eigenvalue weighted by molar-refractivity contribution is -0.108. The highest BCUT2D eigenvalue weighted by molar-refractivity contribution is 5.91. The van der Waals surface area contributed by atoms with Crippen LogP contribution in [0.2, 0.25) is 0 Å². The van der Waals surface area contributed by atoms with Crippen molar-refractivity contribution >= 4 is 5.71 Å². The van der Waals surface area contributed by atoms with Gasteiger partial charge in [0.1, 0.15) is 0 Å². The van der Waals surface area contributed by atoms with E-state index in [1.807, 2.05) is 0 Å². The summed E-state index contributed by atoms with van der Waals surface area (Å²) < 4.78 is 0. The fourth-order valence-electron chi connectivity index (χ4n) is 7.46. The fraction of sp³-hybridized carbons (Fsp3) is 0.900. The molecule has 0 unspecified atom stereocenters. The van der Waals surface area contributed by atoms with E-state index in [4.69, 9.17) is 0 Å². The van der Waals surface area contributed by atoms with Crippen molar-refractivity contribution in [3.63, 3.8) is 0 Å². The first-order valence-electron chi connectivity index (χ1n) is 9.64. The molecule has 0 radical (unpaired) electrons. The maximum absolute atomic E-state index is 9.77. The molecular weight excluding hydrogens is 284 g/mol. The van der Waals surface area contributed by atoms with E-state index in [0.29, 0.717) is 17.3 Å². The van der Waals surface area contributed by atoms with E-state index in [-0.39, 0.29) is 11.3 Å². The zero-order chi connectivity index (χ0) is 16.2. The van der Waals surface area contributed by atoms with Gasteiger partial charge >= 0.3 is 0 Å². The van der Waals surface area contributed by atoms with Gasteiger partial charge in [0.15, 0.2) is 0 Å². The third-order valence-electron chi connectivity index (χ3n) is 8.53. The molecule has 7 atom stereocenters. The predicted molar refractivity (Wildman–Crippen MR) is 90.1 cm³/mol. The highest BCUT2D eigenvalue weighted by atomic mass is 16.4. The van der Waals surface area contributed by atoms with Crippen molar-refractivity contribution in [2.24, 2.45) is 45.6 Å². The molecule has 0 aromatic rings. The Hall–Kier alpha value is -1.04. The van der Waals surface area contributed by atoms with Gasteiger partial charge in [-0.2, -0.15) is 5.26 Å². The molecule has 4 fully saturated rings. The van der Waals surface area contributed by atoms with Crippen molar-refractivity contribution in [2.45, 2.75) is 71.6 Å². The summed E-state index contributed by atoms with van der Waals surface area (Å²) >= 11 is 0. The summed E-state index contributed by atoms with van der Waals surface area (Å²) in [6.45, 7) is 4.92. The normalized spacial score (nSPS) is 54.0. The van der Waals surface area contributed by atoms with E-state index in [1.54, 1.807) is 0 Å². The Kier molecular flexibility index (Phi) is 3.52. The van der Waals surface area contributed by atoms with Crippen molar-refractivity contribution in [1.82, 2.24) is 0 Å². The average Bonchev–Trinajstić information content (AvgIpc) is 2.86. The van der Waals surface area contributed by atoms with Crippen LogP contribution < -0.4 is 0 Å². The minimum absolute atomic E-state index is 0.151. The number of nitriles is 1. The monoisotopic (exact) mass is 314 g/mol. The van der Waals surface area contributed by atoms with Gasteiger partial charge in [0.05, 0.1) is 17.7 Å². The van der Waals surface area contributed by atoms with E-state index >= 15 is 0 Å². The van der Waals surface area contributed by atoms with E-state index in [0.717, 1.165) is 24.0 Å². The van der Waals surface area contributed by atoms with Crippen LogP contribution in [0.1, 0.15) is 71.6 Å². The first kappa shape index (κ1) is 15.5. The van der Waals surface area contributed by atoms with Gasteiger partial charge in [-0.05, 0) is 79.4 Å². The predicted octanol–water partition coefficient (Wildman–Crippen LogP) is 5.00. The molecule has 4 rings (SSSR count). The van der Waals surface area contributed by atoms with Crippen LogP contribution in [0.3, 0.4) is 0 Å². The second-order valence-corrected chi connectivity index (χ2v) is 9.39. The smallest absolute Gasteiger partial charge is 0.0915 e. The molecule has 0 heterocycles. The molecule has 4 aliphatic rings. The summed E-state index contributed by atoms with van der Waals surface area (Å²) in [5.41, 5.74) is 1.44. The molecule has 0 spiro atoms. The van der Waals surface area contributed by atoms with Gasteiger partial charge in [0, 0.05) is 0 Å². The van der Waals surface area contributed by atoms with Crippen molar-refractivity contribution in [3.8, 4) is 6.07 Å². The number of hydrogen-bond donors (Lipinski definition) is 1. The Morgan fingerprint density at radius 3 is 2.70 bits per heavy atom. The summed E-state index contributed by atoms with van der Waals surface area (Å²) in [6, 6.07) is 2.52. The number of rotatable bonds is 0. The minimum atomic E-state index is -0.151. The standard InChI is InChI=1S/C20H30N2O/c1-19-10-8-16-14(18(19)15(12-21)17(11-19)22-23)7-6-13-5-3-4-9-20(13,16)2/h13-16,18,23H,3-11H2,1-2H3/b22-17+/t13-,14+,15-,16+,18-,19+,20+/m1/s1. The first-order valence-corrected chi connectivity index (χ1v) is 9.64. The van der Waals surface area contributed by atoms with Crippen molar-refractivity contribution in [2.75, 3.05) is 0 Å². The van der Waals surface area contributed by atoms with Crippen LogP contribution in [-0.2, 0) is 0 Å². The van der Waals surface area contributed by atoms with Crippen LogP contribution in [0.4, 0.5) is 0 Å². The van der Waals surface area contributed by atoms with E-state index in [9.17, 15) is 10.5 Å². The van der Waals surface area contributed by atoms with Crippen LogP contribution in [0.25, 0.3) is 0 Å². The Morgan fingerprint density at radius 2 is 1.96 bits per heavy atom. The van der Waals surface area contributed by atoms with E-state index in [2.05, 4.69) is 25.1 Å². The topological polar surface area (TPSA) is 56.4 Å². The lowest BCUT2D eigenvalue weighted by atomic mass is 9.45. The van der Waals surface area contributed by atoms with Crippen LogP contribution in [0.15, 0.2) is 5.16 Å². The average molecular weight is 314 g/mol. The third-order valence-corrected chi connectivity index (χ3v) is 8.53. The highest BCUT2D eigenvalue weighted by Crippen LogP contribution is 2.66. The zero-order valence-corrected chi connectivity index (χ0v) is 14.6. The van der Waals surface area contributed by atoms with Gasteiger partial charge in [-0.15, -0.1) is 0 Å². The van der Waals surface area contributed by atoms with Crippen LogP contribution in [0.5, 0.6) is 0 Å². The quantitative estimate of drug-likeness (QED) is 0.505. The molecule has 0 amide bonds. The summed E-state index contributed by atoms with van der Waals surface area (Å²) in [7, 11) is 0. The molecule has 4 saturated carbocycles. The molecular formula is C20H30N2O. The number of oxime groups is 1. The van der Waals surface area contributed by atoms with Crippen LogP contribution >= 0.6 is 0 Å². The molecule has 0 aliphatic heterocycles. The summed E-state index contributed by atoms with van der Waals surface area (Å²) in [5.74, 6) is 2.62. The maximum atomic E-state index is 9.77. The second-order valence-electron chi connectivity index (χ2n) is 9.39. The van der Waals surface area contributed by atoms with Crippen molar-refractivity contribution in [3.05, 3.63) is 0 Å². The highest BCUT2D eigenvalue weighted by Gasteiger charge is 2.61. The minimum Gasteiger partial charge on any atom is -0.411 e. The van der Waals surface area contributed by atoms with E-state index in [1.165, 1.54) is 51.4 Å². The lowest BCUT2D eigenvalue weighted by Crippen LogP contribution is -2.52. The maximum Gasteiger partial charge on any atom is 0.0915 e. The van der Waals surface area contributed by atoms with Gasteiger partial charge in [-0.25, -0.2) is 0 Å². The first-order chi connectivity index (χ1) is 11.0. The Labute approximate surface area is 140 Å². The van der Waals surface area contributed by atoms with Gasteiger partial charge in [0.25, 0.3) is 0 Å². The van der Waals surface area contributed by atoms with Crippen molar-refractivity contribution < 1.29 is 5.21 Å². The second kappa shape index (κ2) is 5.23. The number of fused-ring (bicyclic) bond motifs is 5. The fourth-order valence-corrected chi connectivity index (χ4v) is 7.46. The third kappa shape index (κ3) is 2.03. The SMILES string of the molecule is C[C@@]12CC[C@H]3[C@H](CC[C@H]4CCCC[C@@]43C)[C@@H]1[C@H](C#N)/C(=N/O)C2. The largest absolute Gasteiger partial charge is 0.411 e. The van der Waals surface area contributed by atoms with Crippen molar-refractivity contribution in [1.29, 1.82) is 5.26 Å². The molecule has 3 heteroatoms. The summed E-state index contributed by atoms with van der Waals surface area (Å²) in [5, 5.41) is 22.7. The molecule has 0 saturated heterocycles. The van der Waals surface area contributed by atoms with Gasteiger partial charge < -0.3 is 5.21 Å². The molecule has 23 heavy (non-hydrogen) atoms. The molecule has 126 valence electrons. The summed E-state index contributed by atoms with van der Waals surface area (Å²) in [4.78, 5) is 0. The lowest BCUT2D eigenvalue weighted by Gasteiger charge is -2.60. The molecule has 0 bridgehead atoms. The Balaban J connectivity index is 1.71. The number of hydrogen-bond acceptors (Lipinski definition) is 3. The number of nitrogens with zero attached hydrogens (tertiary/aromatic N) is 2. The van der Waals surface area contributed by atoms with Gasteiger partial charge in [0.2, 0.25) is 0 Å². The Bertz CT molecular complexity index is 564. The van der Waals surface area contributed by atoms with Gasteiger partial charge in [-0.1, -0.05) is 31.8 Å². The van der Waals surface area contributed by atoms with Gasteiger partial charge in [-0.3, -0.25) is 0 Å². The zero-order valence-electron chi connectivity index (χ0n) is 14.6. The molecule has 0 aromatic carbocycles. The molecule has 0 aromatic heterocycles. The molecule has 4 aliphatic carbocycles. The van der Waals surface area contributed by atoms with Crippen LogP contribution in [0, 0.1) is 51.8 Å². The Morgan fingerprint density at radius 1 is 1.13 bits per heavy atom. The summed E-state index contributed by atoms with van der Waals surface area (Å²) in [6.07, 6.45) is 11.6. The van der Waals surface area contributed by atoms with E-state index < -0.39 is 0 Å². The van der Waals surface area contributed by atoms with Crippen LogP contribution in [-0.4, -0.2) is 10.9 Å². The molecule has 3 nitrogen and oxygen atoms in total.